The lowest BCUT2D eigenvalue weighted by molar-refractivity contribution is -0.142. The largest absolute Gasteiger partial charge is 0.481 e. The molecule has 96 valence electrons. The number of hydrogen-bond donors (Lipinski definition) is 2. The summed E-state index contributed by atoms with van der Waals surface area (Å²) in [6, 6.07) is 0.214. The molecule has 2 heterocycles. The molecule has 2 rings (SSSR count). The lowest BCUT2D eigenvalue weighted by atomic mass is 10.1. The molecule has 0 aromatic carbocycles. The average Bonchev–Trinajstić information content (AvgIpc) is 2.63. The molecule has 0 spiro atoms. The first kappa shape index (κ1) is 12.3. The number of ether oxygens (including phenoxy) is 1. The van der Waals surface area contributed by atoms with Crippen LogP contribution in [0, 0.1) is 0 Å². The van der Waals surface area contributed by atoms with Crippen molar-refractivity contribution >= 4 is 11.9 Å². The lowest BCUT2D eigenvalue weighted by Crippen LogP contribution is -2.48. The smallest absolute Gasteiger partial charge is 0.306 e. The molecule has 0 bridgehead atoms. The highest BCUT2D eigenvalue weighted by Crippen LogP contribution is 2.13. The first-order valence-corrected chi connectivity index (χ1v) is 5.98. The summed E-state index contributed by atoms with van der Waals surface area (Å²) in [6.07, 6.45) is 1.30. The maximum atomic E-state index is 11.1. The van der Waals surface area contributed by atoms with Crippen LogP contribution in [0.5, 0.6) is 0 Å². The van der Waals surface area contributed by atoms with Gasteiger partial charge in [-0.2, -0.15) is 0 Å². The fourth-order valence-corrected chi connectivity index (χ4v) is 2.39. The van der Waals surface area contributed by atoms with Crippen LogP contribution in [-0.2, 0) is 14.3 Å². The van der Waals surface area contributed by atoms with Crippen molar-refractivity contribution in [2.24, 2.45) is 0 Å². The normalized spacial score (nSPS) is 30.2. The molecule has 1 amide bonds. The van der Waals surface area contributed by atoms with Crippen molar-refractivity contribution in [3.05, 3.63) is 0 Å². The Balaban J connectivity index is 1.77. The van der Waals surface area contributed by atoms with Gasteiger partial charge >= 0.3 is 5.97 Å². The van der Waals surface area contributed by atoms with E-state index in [2.05, 4.69) is 10.2 Å². The Labute approximate surface area is 99.9 Å². The predicted octanol–water partition coefficient (Wildman–Crippen LogP) is -0.559. The fraction of sp³-hybridized carbons (Fsp3) is 0.818. The molecule has 17 heavy (non-hydrogen) atoms. The molecular weight excluding hydrogens is 224 g/mol. The Kier molecular flexibility index (Phi) is 3.96. The molecule has 0 radical (unpaired) electrons. The van der Waals surface area contributed by atoms with Crippen molar-refractivity contribution in [2.75, 3.05) is 26.2 Å². The van der Waals surface area contributed by atoms with Gasteiger partial charge in [0.15, 0.2) is 0 Å². The minimum Gasteiger partial charge on any atom is -0.481 e. The van der Waals surface area contributed by atoms with Gasteiger partial charge in [0.05, 0.1) is 19.1 Å². The summed E-state index contributed by atoms with van der Waals surface area (Å²) in [4.78, 5) is 23.9. The van der Waals surface area contributed by atoms with Crippen molar-refractivity contribution in [3.63, 3.8) is 0 Å². The summed E-state index contributed by atoms with van der Waals surface area (Å²) in [7, 11) is 0. The molecule has 0 aromatic heterocycles. The Hall–Kier alpha value is -1.14. The van der Waals surface area contributed by atoms with Gasteiger partial charge in [-0.25, -0.2) is 0 Å². The number of carboxylic acids is 1. The molecule has 2 aliphatic heterocycles. The van der Waals surface area contributed by atoms with E-state index >= 15 is 0 Å². The van der Waals surface area contributed by atoms with Crippen LogP contribution in [0.4, 0.5) is 0 Å². The summed E-state index contributed by atoms with van der Waals surface area (Å²) >= 11 is 0. The summed E-state index contributed by atoms with van der Waals surface area (Å²) in [5.41, 5.74) is 0. The average molecular weight is 242 g/mol. The molecule has 0 saturated carbocycles. The van der Waals surface area contributed by atoms with Gasteiger partial charge < -0.3 is 15.2 Å². The minimum absolute atomic E-state index is 0.0491. The number of rotatable bonds is 4. The third-order valence-electron chi connectivity index (χ3n) is 3.19. The number of hydrogen-bond acceptors (Lipinski definition) is 4. The number of amides is 1. The number of nitrogens with one attached hydrogen (secondary N) is 1. The van der Waals surface area contributed by atoms with Crippen molar-refractivity contribution < 1.29 is 19.4 Å². The highest BCUT2D eigenvalue weighted by Gasteiger charge is 2.27. The van der Waals surface area contributed by atoms with Gasteiger partial charge in [-0.3, -0.25) is 14.5 Å². The van der Waals surface area contributed by atoms with Crippen LogP contribution in [0.1, 0.15) is 19.3 Å². The van der Waals surface area contributed by atoms with Crippen LogP contribution in [0.25, 0.3) is 0 Å². The van der Waals surface area contributed by atoms with Gasteiger partial charge in [-0.1, -0.05) is 0 Å². The highest BCUT2D eigenvalue weighted by molar-refractivity contribution is 5.78. The second-order valence-electron chi connectivity index (χ2n) is 4.65. The molecule has 6 heteroatoms. The van der Waals surface area contributed by atoms with Crippen LogP contribution in [0.15, 0.2) is 0 Å². The zero-order valence-electron chi connectivity index (χ0n) is 9.72. The SMILES string of the molecule is O=C(O)CC1CN(CC2CCC(=O)N2)CCO1. The van der Waals surface area contributed by atoms with E-state index < -0.39 is 5.97 Å². The molecule has 0 aliphatic carbocycles. The number of nitrogens with zero attached hydrogens (tertiary/aromatic N) is 1. The van der Waals surface area contributed by atoms with Gasteiger partial charge in [-0.05, 0) is 6.42 Å². The zero-order valence-corrected chi connectivity index (χ0v) is 9.72. The van der Waals surface area contributed by atoms with E-state index in [4.69, 9.17) is 9.84 Å². The molecular formula is C11H18N2O4. The van der Waals surface area contributed by atoms with Crippen molar-refractivity contribution in [1.29, 1.82) is 0 Å². The molecule has 2 aliphatic rings. The number of carboxylic acid groups (broad SMARTS) is 1. The van der Waals surface area contributed by atoms with E-state index in [0.29, 0.717) is 19.6 Å². The Morgan fingerprint density at radius 3 is 3.06 bits per heavy atom. The van der Waals surface area contributed by atoms with Crippen molar-refractivity contribution in [3.8, 4) is 0 Å². The minimum atomic E-state index is -0.828. The number of morpholine rings is 1. The molecule has 2 atom stereocenters. The van der Waals surface area contributed by atoms with E-state index in [0.717, 1.165) is 19.5 Å². The Morgan fingerprint density at radius 2 is 2.41 bits per heavy atom. The second-order valence-corrected chi connectivity index (χ2v) is 4.65. The molecule has 2 saturated heterocycles. The zero-order chi connectivity index (χ0) is 12.3. The summed E-state index contributed by atoms with van der Waals surface area (Å²) in [5, 5.41) is 11.6. The van der Waals surface area contributed by atoms with Gasteiger partial charge in [0.2, 0.25) is 5.91 Å². The number of aliphatic carboxylic acids is 1. The Morgan fingerprint density at radius 1 is 1.59 bits per heavy atom. The third kappa shape index (κ3) is 3.67. The van der Waals surface area contributed by atoms with Gasteiger partial charge in [0, 0.05) is 32.1 Å². The van der Waals surface area contributed by atoms with Crippen LogP contribution in [0.2, 0.25) is 0 Å². The molecule has 0 aromatic rings. The van der Waals surface area contributed by atoms with Gasteiger partial charge in [0.1, 0.15) is 0 Å². The van der Waals surface area contributed by atoms with Crippen LogP contribution >= 0.6 is 0 Å². The monoisotopic (exact) mass is 242 g/mol. The quantitative estimate of drug-likeness (QED) is 0.691. The molecule has 2 N–H and O–H groups in total. The second kappa shape index (κ2) is 5.46. The standard InChI is InChI=1S/C11H18N2O4/c14-10-2-1-8(12-10)6-13-3-4-17-9(7-13)5-11(15)16/h8-9H,1-7H2,(H,12,14)(H,15,16). The highest BCUT2D eigenvalue weighted by atomic mass is 16.5. The van der Waals surface area contributed by atoms with Crippen LogP contribution < -0.4 is 5.32 Å². The summed E-state index contributed by atoms with van der Waals surface area (Å²) in [5.74, 6) is -0.712. The molecule has 6 nitrogen and oxygen atoms in total. The van der Waals surface area contributed by atoms with E-state index in [1.165, 1.54) is 0 Å². The van der Waals surface area contributed by atoms with Gasteiger partial charge in [0.25, 0.3) is 0 Å². The number of carbonyl (C=O) groups is 2. The van der Waals surface area contributed by atoms with Gasteiger partial charge in [-0.15, -0.1) is 0 Å². The summed E-state index contributed by atoms with van der Waals surface area (Å²) < 4.78 is 5.39. The lowest BCUT2D eigenvalue weighted by Gasteiger charge is -2.33. The predicted molar refractivity (Wildman–Crippen MR) is 59.6 cm³/mol. The first-order valence-electron chi connectivity index (χ1n) is 5.98. The van der Waals surface area contributed by atoms with E-state index in [9.17, 15) is 9.59 Å². The molecule has 2 unspecified atom stereocenters. The van der Waals surface area contributed by atoms with Crippen LogP contribution in [-0.4, -0.2) is 60.3 Å². The fourth-order valence-electron chi connectivity index (χ4n) is 2.39. The van der Waals surface area contributed by atoms with Crippen molar-refractivity contribution in [2.45, 2.75) is 31.4 Å². The van der Waals surface area contributed by atoms with E-state index in [1.54, 1.807) is 0 Å². The first-order chi connectivity index (χ1) is 8.13. The maximum absolute atomic E-state index is 11.1. The van der Waals surface area contributed by atoms with E-state index in [1.807, 2.05) is 0 Å². The topological polar surface area (TPSA) is 78.9 Å². The Bertz CT molecular complexity index is 308. The van der Waals surface area contributed by atoms with Crippen LogP contribution in [0.3, 0.4) is 0 Å². The molecule has 2 fully saturated rings. The number of carbonyl (C=O) groups excluding carboxylic acids is 1. The van der Waals surface area contributed by atoms with Crippen molar-refractivity contribution in [1.82, 2.24) is 10.2 Å². The maximum Gasteiger partial charge on any atom is 0.306 e. The third-order valence-corrected chi connectivity index (χ3v) is 3.19. The van der Waals surface area contributed by atoms with E-state index in [-0.39, 0.29) is 24.5 Å². The summed E-state index contributed by atoms with van der Waals surface area (Å²) in [6.45, 7) is 2.81.